The number of hydrogen-bond acceptors (Lipinski definition) is 5. The predicted molar refractivity (Wildman–Crippen MR) is 77.0 cm³/mol. The number of likely N-dealkylation sites (N-methyl/N-ethyl adjacent to an activating group) is 1. The molecule has 0 N–H and O–H groups in total. The Balaban J connectivity index is 2.06. The quantitative estimate of drug-likeness (QED) is 0.755. The highest BCUT2D eigenvalue weighted by molar-refractivity contribution is 7.18. The molecule has 7 heteroatoms. The molecule has 0 bridgehead atoms. The second kappa shape index (κ2) is 4.61. The summed E-state index contributed by atoms with van der Waals surface area (Å²) in [4.78, 5) is 26.1. The van der Waals surface area contributed by atoms with Gasteiger partial charge in [0.1, 0.15) is 10.6 Å². The normalized spacial score (nSPS) is 16.5. The SMILES string of the molecule is Cc1cc2c(N3CCN(C)C(=O)C3)nc(Cl)nc2s1. The molecule has 0 spiro atoms. The lowest BCUT2D eigenvalue weighted by atomic mass is 10.2. The molecule has 0 aromatic carbocycles. The number of piperazine rings is 1. The maximum Gasteiger partial charge on any atom is 0.241 e. The van der Waals surface area contributed by atoms with Gasteiger partial charge in [0.25, 0.3) is 0 Å². The third-order valence-electron chi connectivity index (χ3n) is 3.23. The van der Waals surface area contributed by atoms with Crippen molar-refractivity contribution in [3.8, 4) is 0 Å². The minimum absolute atomic E-state index is 0.0982. The summed E-state index contributed by atoms with van der Waals surface area (Å²) < 4.78 is 0. The molecule has 3 heterocycles. The number of amides is 1. The molecule has 0 aliphatic carbocycles. The van der Waals surface area contributed by atoms with Crippen LogP contribution in [0, 0.1) is 6.92 Å². The van der Waals surface area contributed by atoms with Crippen LogP contribution in [0.5, 0.6) is 0 Å². The Labute approximate surface area is 119 Å². The van der Waals surface area contributed by atoms with Gasteiger partial charge in [-0.25, -0.2) is 4.98 Å². The fourth-order valence-electron chi connectivity index (χ4n) is 2.18. The van der Waals surface area contributed by atoms with Gasteiger partial charge < -0.3 is 9.80 Å². The highest BCUT2D eigenvalue weighted by Crippen LogP contribution is 2.32. The van der Waals surface area contributed by atoms with E-state index in [2.05, 4.69) is 16.0 Å². The summed E-state index contributed by atoms with van der Waals surface area (Å²) in [6, 6.07) is 2.05. The van der Waals surface area contributed by atoms with Gasteiger partial charge in [0, 0.05) is 25.0 Å². The van der Waals surface area contributed by atoms with Gasteiger partial charge >= 0.3 is 0 Å². The van der Waals surface area contributed by atoms with E-state index < -0.39 is 0 Å². The zero-order valence-electron chi connectivity index (χ0n) is 10.7. The van der Waals surface area contributed by atoms with Crippen LogP contribution in [-0.4, -0.2) is 47.5 Å². The van der Waals surface area contributed by atoms with Gasteiger partial charge in [-0.05, 0) is 24.6 Å². The molecule has 1 aliphatic heterocycles. The van der Waals surface area contributed by atoms with Crippen molar-refractivity contribution in [1.29, 1.82) is 0 Å². The molecular formula is C12H13ClN4OS. The van der Waals surface area contributed by atoms with E-state index in [-0.39, 0.29) is 11.2 Å². The maximum atomic E-state index is 11.8. The number of carbonyl (C=O) groups excluding carboxylic acids is 1. The van der Waals surface area contributed by atoms with E-state index in [1.54, 1.807) is 16.2 Å². The average Bonchev–Trinajstić information content (AvgIpc) is 2.72. The van der Waals surface area contributed by atoms with Crippen LogP contribution in [0.4, 0.5) is 5.82 Å². The Morgan fingerprint density at radius 1 is 1.37 bits per heavy atom. The molecule has 0 atom stereocenters. The number of rotatable bonds is 1. The molecule has 2 aromatic heterocycles. The van der Waals surface area contributed by atoms with Crippen LogP contribution >= 0.6 is 22.9 Å². The van der Waals surface area contributed by atoms with Crippen molar-refractivity contribution in [1.82, 2.24) is 14.9 Å². The average molecular weight is 297 g/mol. The van der Waals surface area contributed by atoms with E-state index in [1.807, 2.05) is 18.9 Å². The predicted octanol–water partition coefficient (Wildman–Crippen LogP) is 1.93. The smallest absolute Gasteiger partial charge is 0.241 e. The molecule has 1 saturated heterocycles. The number of fused-ring (bicyclic) bond motifs is 1. The molecule has 1 amide bonds. The highest BCUT2D eigenvalue weighted by Gasteiger charge is 2.24. The van der Waals surface area contributed by atoms with Crippen molar-refractivity contribution in [2.75, 3.05) is 31.6 Å². The van der Waals surface area contributed by atoms with Crippen LogP contribution in [-0.2, 0) is 4.79 Å². The van der Waals surface area contributed by atoms with E-state index in [0.717, 1.165) is 27.5 Å². The third kappa shape index (κ3) is 2.26. The number of anilines is 1. The molecule has 5 nitrogen and oxygen atoms in total. The Kier molecular flexibility index (Phi) is 3.06. The second-order valence-electron chi connectivity index (χ2n) is 4.63. The van der Waals surface area contributed by atoms with Gasteiger partial charge in [0.05, 0.1) is 11.9 Å². The lowest BCUT2D eigenvalue weighted by molar-refractivity contribution is -0.129. The first-order valence-electron chi connectivity index (χ1n) is 5.97. The van der Waals surface area contributed by atoms with Gasteiger partial charge in [-0.15, -0.1) is 11.3 Å². The number of hydrogen-bond donors (Lipinski definition) is 0. The second-order valence-corrected chi connectivity index (χ2v) is 6.20. The van der Waals surface area contributed by atoms with Gasteiger partial charge in [0.15, 0.2) is 0 Å². The summed E-state index contributed by atoms with van der Waals surface area (Å²) in [5, 5.41) is 1.21. The Bertz CT molecular complexity index is 656. The van der Waals surface area contributed by atoms with Gasteiger partial charge in [-0.3, -0.25) is 4.79 Å². The standard InChI is InChI=1S/C12H13ClN4OS/c1-7-5-8-10(14-12(13)15-11(8)19-7)17-4-3-16(2)9(18)6-17/h5H,3-4,6H2,1-2H3. The van der Waals surface area contributed by atoms with Crippen molar-refractivity contribution in [3.63, 3.8) is 0 Å². The first kappa shape index (κ1) is 12.6. The molecule has 0 unspecified atom stereocenters. The van der Waals surface area contributed by atoms with E-state index >= 15 is 0 Å². The summed E-state index contributed by atoms with van der Waals surface area (Å²) in [5.74, 6) is 0.863. The van der Waals surface area contributed by atoms with Crippen molar-refractivity contribution >= 4 is 44.9 Å². The molecule has 19 heavy (non-hydrogen) atoms. The summed E-state index contributed by atoms with van der Waals surface area (Å²) in [5.41, 5.74) is 0. The first-order chi connectivity index (χ1) is 9.04. The first-order valence-corrected chi connectivity index (χ1v) is 7.16. The number of nitrogens with zero attached hydrogens (tertiary/aromatic N) is 4. The van der Waals surface area contributed by atoms with E-state index in [9.17, 15) is 4.79 Å². The molecule has 2 aromatic rings. The highest BCUT2D eigenvalue weighted by atomic mass is 35.5. The lowest BCUT2D eigenvalue weighted by Gasteiger charge is -2.32. The van der Waals surface area contributed by atoms with Crippen molar-refractivity contribution < 1.29 is 4.79 Å². The van der Waals surface area contributed by atoms with Crippen LogP contribution in [0.3, 0.4) is 0 Å². The monoisotopic (exact) mass is 296 g/mol. The minimum atomic E-state index is 0.0982. The summed E-state index contributed by atoms with van der Waals surface area (Å²) in [7, 11) is 1.82. The molecular weight excluding hydrogens is 284 g/mol. The molecule has 0 saturated carbocycles. The Hall–Kier alpha value is -1.40. The van der Waals surface area contributed by atoms with Crippen molar-refractivity contribution in [2.24, 2.45) is 0 Å². The van der Waals surface area contributed by atoms with E-state index in [0.29, 0.717) is 13.1 Å². The number of halogens is 1. The Morgan fingerprint density at radius 3 is 2.89 bits per heavy atom. The molecule has 0 radical (unpaired) electrons. The van der Waals surface area contributed by atoms with Gasteiger partial charge in [-0.1, -0.05) is 0 Å². The van der Waals surface area contributed by atoms with Crippen LogP contribution < -0.4 is 4.90 Å². The van der Waals surface area contributed by atoms with E-state index in [1.165, 1.54) is 0 Å². The maximum absolute atomic E-state index is 11.8. The number of aromatic nitrogens is 2. The summed E-state index contributed by atoms with van der Waals surface area (Å²) in [6.45, 7) is 3.83. The minimum Gasteiger partial charge on any atom is -0.345 e. The molecule has 3 rings (SSSR count). The van der Waals surface area contributed by atoms with Crippen molar-refractivity contribution in [2.45, 2.75) is 6.92 Å². The zero-order chi connectivity index (χ0) is 13.6. The van der Waals surface area contributed by atoms with Crippen LogP contribution in [0.15, 0.2) is 6.07 Å². The van der Waals surface area contributed by atoms with Gasteiger partial charge in [0.2, 0.25) is 11.2 Å². The number of carbonyl (C=O) groups is 1. The zero-order valence-corrected chi connectivity index (χ0v) is 12.3. The molecule has 100 valence electrons. The third-order valence-corrected chi connectivity index (χ3v) is 4.34. The van der Waals surface area contributed by atoms with Gasteiger partial charge in [-0.2, -0.15) is 4.98 Å². The largest absolute Gasteiger partial charge is 0.345 e. The number of thiophene rings is 1. The van der Waals surface area contributed by atoms with E-state index in [4.69, 9.17) is 11.6 Å². The lowest BCUT2D eigenvalue weighted by Crippen LogP contribution is -2.48. The van der Waals surface area contributed by atoms with Crippen LogP contribution in [0.1, 0.15) is 4.88 Å². The fraction of sp³-hybridized carbons (Fsp3) is 0.417. The van der Waals surface area contributed by atoms with Crippen LogP contribution in [0.2, 0.25) is 5.28 Å². The molecule has 1 fully saturated rings. The topological polar surface area (TPSA) is 49.3 Å². The fourth-order valence-corrected chi connectivity index (χ4v) is 3.27. The number of aryl methyl sites for hydroxylation is 1. The van der Waals surface area contributed by atoms with Crippen molar-refractivity contribution in [3.05, 3.63) is 16.2 Å². The molecule has 1 aliphatic rings. The summed E-state index contributed by atoms with van der Waals surface area (Å²) in [6.07, 6.45) is 0. The van der Waals surface area contributed by atoms with Crippen LogP contribution in [0.25, 0.3) is 10.2 Å². The summed E-state index contributed by atoms with van der Waals surface area (Å²) >= 11 is 7.57. The Morgan fingerprint density at radius 2 is 2.16 bits per heavy atom.